The topological polar surface area (TPSA) is 105 Å². The summed E-state index contributed by atoms with van der Waals surface area (Å²) in [6.07, 6.45) is -0.430. The lowest BCUT2D eigenvalue weighted by Gasteiger charge is -2.24. The van der Waals surface area contributed by atoms with Gasteiger partial charge in [0.2, 0.25) is 21.5 Å². The summed E-state index contributed by atoms with van der Waals surface area (Å²) in [5.74, 6) is 5.74. The predicted octanol–water partition coefficient (Wildman–Crippen LogP) is 3.13. The Bertz CT molecular complexity index is 1340. The van der Waals surface area contributed by atoms with Gasteiger partial charge in [-0.1, -0.05) is 48.2 Å². The Hall–Kier alpha value is -3.80. The number of esters is 1. The summed E-state index contributed by atoms with van der Waals surface area (Å²) in [5.41, 5.74) is 8.40. The van der Waals surface area contributed by atoms with Crippen LogP contribution >= 0.6 is 0 Å². The van der Waals surface area contributed by atoms with E-state index in [-0.39, 0.29) is 11.7 Å². The SMILES string of the molecule is COC(=O)C(N)(CC#Cc1ccccc1)S(=O)(=O)c1ccc(-c2ccc3c(c2)OCO3)cc1. The number of methoxy groups -OCH3 is 1. The van der Waals surface area contributed by atoms with E-state index in [2.05, 4.69) is 11.8 Å². The fourth-order valence-electron chi connectivity index (χ4n) is 3.36. The molecule has 0 saturated carbocycles. The van der Waals surface area contributed by atoms with E-state index < -0.39 is 27.1 Å². The molecule has 1 unspecified atom stereocenters. The fourth-order valence-corrected chi connectivity index (χ4v) is 4.84. The number of ether oxygens (including phenoxy) is 3. The molecule has 0 amide bonds. The fraction of sp³-hybridized carbons (Fsp3) is 0.160. The van der Waals surface area contributed by atoms with Gasteiger partial charge in [-0.25, -0.2) is 13.2 Å². The molecule has 1 atom stereocenters. The first-order valence-electron chi connectivity index (χ1n) is 10.0. The summed E-state index contributed by atoms with van der Waals surface area (Å²) < 4.78 is 42.2. The molecule has 0 aliphatic carbocycles. The quantitative estimate of drug-likeness (QED) is 0.458. The molecule has 7 nitrogen and oxygen atoms in total. The van der Waals surface area contributed by atoms with Crippen molar-refractivity contribution < 1.29 is 27.4 Å². The van der Waals surface area contributed by atoms with Crippen LogP contribution in [0.5, 0.6) is 11.5 Å². The van der Waals surface area contributed by atoms with E-state index in [1.165, 1.54) is 12.1 Å². The molecular formula is C25H21NO6S. The molecule has 0 bridgehead atoms. The second kappa shape index (κ2) is 8.98. The van der Waals surface area contributed by atoms with Crippen molar-refractivity contribution in [3.05, 3.63) is 78.4 Å². The van der Waals surface area contributed by atoms with Crippen LogP contribution in [0, 0.1) is 11.8 Å². The number of hydrogen-bond acceptors (Lipinski definition) is 7. The van der Waals surface area contributed by atoms with Crippen molar-refractivity contribution in [2.24, 2.45) is 5.73 Å². The lowest BCUT2D eigenvalue weighted by Crippen LogP contribution is -2.55. The van der Waals surface area contributed by atoms with Crippen molar-refractivity contribution in [1.82, 2.24) is 0 Å². The lowest BCUT2D eigenvalue weighted by atomic mass is 10.1. The molecule has 8 heteroatoms. The van der Waals surface area contributed by atoms with Gasteiger partial charge < -0.3 is 19.9 Å². The molecule has 1 aliphatic rings. The highest BCUT2D eigenvalue weighted by atomic mass is 32.2. The zero-order valence-electron chi connectivity index (χ0n) is 17.8. The highest BCUT2D eigenvalue weighted by molar-refractivity contribution is 7.93. The molecule has 2 N–H and O–H groups in total. The van der Waals surface area contributed by atoms with Crippen LogP contribution in [-0.2, 0) is 19.4 Å². The summed E-state index contributed by atoms with van der Waals surface area (Å²) in [7, 11) is -3.23. The maximum atomic E-state index is 13.4. The van der Waals surface area contributed by atoms with E-state index in [0.717, 1.165) is 18.2 Å². The lowest BCUT2D eigenvalue weighted by molar-refractivity contribution is -0.143. The van der Waals surface area contributed by atoms with Crippen LogP contribution < -0.4 is 15.2 Å². The number of fused-ring (bicyclic) bond motifs is 1. The summed E-state index contributed by atoms with van der Waals surface area (Å²) in [6, 6.07) is 20.5. The first-order chi connectivity index (χ1) is 15.8. The molecule has 0 aromatic heterocycles. The molecule has 0 radical (unpaired) electrons. The average Bonchev–Trinajstić information content (AvgIpc) is 3.32. The molecule has 0 fully saturated rings. The minimum absolute atomic E-state index is 0.110. The van der Waals surface area contributed by atoms with Gasteiger partial charge in [0.25, 0.3) is 0 Å². The molecule has 3 aromatic rings. The van der Waals surface area contributed by atoms with Crippen LogP contribution in [0.1, 0.15) is 12.0 Å². The second-order valence-electron chi connectivity index (χ2n) is 7.32. The van der Waals surface area contributed by atoms with Crippen LogP contribution in [0.15, 0.2) is 77.7 Å². The van der Waals surface area contributed by atoms with Crippen LogP contribution in [0.25, 0.3) is 11.1 Å². The Morgan fingerprint density at radius 2 is 1.67 bits per heavy atom. The van der Waals surface area contributed by atoms with Gasteiger partial charge in [-0.05, 0) is 47.5 Å². The van der Waals surface area contributed by atoms with Gasteiger partial charge in [0, 0.05) is 5.56 Å². The smallest absolute Gasteiger partial charge is 0.343 e. The zero-order chi connectivity index (χ0) is 23.5. The molecule has 33 heavy (non-hydrogen) atoms. The summed E-state index contributed by atoms with van der Waals surface area (Å²) in [6.45, 7) is 0.162. The van der Waals surface area contributed by atoms with Crippen LogP contribution in [-0.4, -0.2) is 33.2 Å². The Balaban J connectivity index is 1.63. The summed E-state index contributed by atoms with van der Waals surface area (Å²) in [5, 5.41) is 0. The highest BCUT2D eigenvalue weighted by Crippen LogP contribution is 2.36. The average molecular weight is 464 g/mol. The molecule has 168 valence electrons. The number of nitrogens with two attached hydrogens (primary N) is 1. The Kier molecular flexibility index (Phi) is 6.09. The highest BCUT2D eigenvalue weighted by Gasteiger charge is 2.49. The van der Waals surface area contributed by atoms with Crippen LogP contribution in [0.2, 0.25) is 0 Å². The van der Waals surface area contributed by atoms with Gasteiger partial charge in [-0.3, -0.25) is 0 Å². The molecule has 1 heterocycles. The van der Waals surface area contributed by atoms with Gasteiger partial charge in [0.1, 0.15) is 0 Å². The minimum atomic E-state index is -4.32. The number of rotatable bonds is 5. The normalized spacial score (nSPS) is 14.0. The molecule has 3 aromatic carbocycles. The molecule has 1 aliphatic heterocycles. The monoisotopic (exact) mass is 463 g/mol. The van der Waals surface area contributed by atoms with E-state index in [4.69, 9.17) is 19.9 Å². The van der Waals surface area contributed by atoms with Gasteiger partial charge in [-0.2, -0.15) is 0 Å². The van der Waals surface area contributed by atoms with Crippen LogP contribution in [0.3, 0.4) is 0 Å². The Morgan fingerprint density at radius 3 is 2.36 bits per heavy atom. The second-order valence-corrected chi connectivity index (χ2v) is 9.53. The predicted molar refractivity (Wildman–Crippen MR) is 122 cm³/mol. The van der Waals surface area contributed by atoms with Crippen LogP contribution in [0.4, 0.5) is 0 Å². The number of sulfone groups is 1. The van der Waals surface area contributed by atoms with E-state index in [9.17, 15) is 13.2 Å². The first-order valence-corrected chi connectivity index (χ1v) is 11.5. The maximum absolute atomic E-state index is 13.4. The summed E-state index contributed by atoms with van der Waals surface area (Å²) in [4.78, 5) is 10.0. The van der Waals surface area contributed by atoms with Crippen molar-refractivity contribution in [1.29, 1.82) is 0 Å². The largest absolute Gasteiger partial charge is 0.467 e. The molecule has 0 spiro atoms. The number of carbonyl (C=O) groups excluding carboxylic acids is 1. The van der Waals surface area contributed by atoms with Crippen molar-refractivity contribution in [2.75, 3.05) is 13.9 Å². The first kappa shape index (κ1) is 22.4. The Morgan fingerprint density at radius 1 is 1.00 bits per heavy atom. The van der Waals surface area contributed by atoms with E-state index in [0.29, 0.717) is 17.1 Å². The molecular weight excluding hydrogens is 442 g/mol. The van der Waals surface area contributed by atoms with Gasteiger partial charge in [0.05, 0.1) is 18.4 Å². The number of benzene rings is 3. The minimum Gasteiger partial charge on any atom is -0.467 e. The Labute approximate surface area is 192 Å². The van der Waals surface area contributed by atoms with Crippen molar-refractivity contribution in [3.8, 4) is 34.5 Å². The van der Waals surface area contributed by atoms with Crippen molar-refractivity contribution >= 4 is 15.8 Å². The van der Waals surface area contributed by atoms with E-state index in [1.54, 1.807) is 42.5 Å². The van der Waals surface area contributed by atoms with Gasteiger partial charge in [0.15, 0.2) is 11.5 Å². The van der Waals surface area contributed by atoms with E-state index in [1.807, 2.05) is 18.2 Å². The van der Waals surface area contributed by atoms with E-state index >= 15 is 0 Å². The summed E-state index contributed by atoms with van der Waals surface area (Å²) >= 11 is 0. The maximum Gasteiger partial charge on any atom is 0.343 e. The molecule has 0 saturated heterocycles. The number of hydrogen-bond donors (Lipinski definition) is 1. The molecule has 4 rings (SSSR count). The van der Waals surface area contributed by atoms with Crippen molar-refractivity contribution in [3.63, 3.8) is 0 Å². The zero-order valence-corrected chi connectivity index (χ0v) is 18.6. The third-order valence-electron chi connectivity index (χ3n) is 5.24. The van der Waals surface area contributed by atoms with Crippen molar-refractivity contribution in [2.45, 2.75) is 16.2 Å². The van der Waals surface area contributed by atoms with Gasteiger partial charge in [-0.15, -0.1) is 0 Å². The third-order valence-corrected chi connectivity index (χ3v) is 7.40. The standard InChI is InChI=1S/C25H21NO6S/c1-30-24(27)25(26,15-5-8-18-6-3-2-4-7-18)33(28,29)21-12-9-19(10-13-21)20-11-14-22-23(16-20)32-17-31-22/h2-4,6-7,9-14,16H,15,17,26H2,1H3. The van der Waals surface area contributed by atoms with Gasteiger partial charge >= 0.3 is 5.97 Å². The number of carbonyl (C=O) groups is 1. The third kappa shape index (κ3) is 4.29.